The van der Waals surface area contributed by atoms with Crippen LogP contribution in [0.4, 0.5) is 4.39 Å². The third-order valence-corrected chi connectivity index (χ3v) is 2.78. The molecule has 17 heavy (non-hydrogen) atoms. The monoisotopic (exact) mass is 231 g/mol. The van der Waals surface area contributed by atoms with Gasteiger partial charge in [-0.2, -0.15) is 0 Å². The predicted octanol–water partition coefficient (Wildman–Crippen LogP) is 3.29. The third kappa shape index (κ3) is 2.67. The Bertz CT molecular complexity index is 551. The zero-order chi connectivity index (χ0) is 12.3. The van der Waals surface area contributed by atoms with Crippen molar-refractivity contribution >= 4 is 16.7 Å². The lowest BCUT2D eigenvalue weighted by Crippen LogP contribution is -1.97. The van der Waals surface area contributed by atoms with Gasteiger partial charge in [0, 0.05) is 23.6 Å². The molecule has 0 N–H and O–H groups in total. The number of rotatable bonds is 4. The Balaban J connectivity index is 2.31. The summed E-state index contributed by atoms with van der Waals surface area (Å²) in [6.45, 7) is 1.55. The summed E-state index contributed by atoms with van der Waals surface area (Å²) in [6, 6.07) is 6.94. The van der Waals surface area contributed by atoms with E-state index in [-0.39, 0.29) is 11.6 Å². The van der Waals surface area contributed by atoms with Crippen LogP contribution in [-0.4, -0.2) is 10.8 Å². The molecule has 3 heteroatoms. The van der Waals surface area contributed by atoms with Gasteiger partial charge >= 0.3 is 0 Å². The van der Waals surface area contributed by atoms with Gasteiger partial charge < -0.3 is 4.79 Å². The molecule has 0 atom stereocenters. The molecule has 88 valence electrons. The molecular formula is C14H14FNO. The van der Waals surface area contributed by atoms with Gasteiger partial charge in [0.15, 0.2) is 0 Å². The topological polar surface area (TPSA) is 30.0 Å². The number of halogens is 1. The second-order valence-corrected chi connectivity index (χ2v) is 4.16. The van der Waals surface area contributed by atoms with Gasteiger partial charge in [-0.05, 0) is 38.0 Å². The molecule has 0 aliphatic rings. The first-order chi connectivity index (χ1) is 8.18. The van der Waals surface area contributed by atoms with Crippen LogP contribution in [0.2, 0.25) is 0 Å². The van der Waals surface area contributed by atoms with Crippen LogP contribution in [0.15, 0.2) is 30.5 Å². The summed E-state index contributed by atoms with van der Waals surface area (Å²) in [6.07, 6.45) is 3.38. The van der Waals surface area contributed by atoms with Crippen molar-refractivity contribution in [1.29, 1.82) is 0 Å². The molecule has 0 aliphatic carbocycles. The van der Waals surface area contributed by atoms with Crippen LogP contribution in [0, 0.1) is 5.82 Å². The standard InChI is InChI=1S/C14H14FNO/c1-10(17)4-2-6-12-13(15)8-7-11-5-3-9-16-14(11)12/h3,5,7-9H,2,4,6H2,1H3. The number of carbonyl (C=O) groups is 1. The molecule has 0 radical (unpaired) electrons. The van der Waals surface area contributed by atoms with Crippen LogP contribution in [0.5, 0.6) is 0 Å². The van der Waals surface area contributed by atoms with E-state index in [1.54, 1.807) is 19.2 Å². The maximum absolute atomic E-state index is 13.7. The molecular weight excluding hydrogens is 217 g/mol. The van der Waals surface area contributed by atoms with E-state index in [9.17, 15) is 9.18 Å². The van der Waals surface area contributed by atoms with Gasteiger partial charge in [0.1, 0.15) is 11.6 Å². The predicted molar refractivity (Wildman–Crippen MR) is 65.3 cm³/mol. The SMILES string of the molecule is CC(=O)CCCc1c(F)ccc2cccnc12. The van der Waals surface area contributed by atoms with Gasteiger partial charge in [0.05, 0.1) is 5.52 Å². The normalized spacial score (nSPS) is 10.7. The Morgan fingerprint density at radius 1 is 1.35 bits per heavy atom. The van der Waals surface area contributed by atoms with Crippen molar-refractivity contribution in [3.05, 3.63) is 41.8 Å². The van der Waals surface area contributed by atoms with Crippen LogP contribution in [0.25, 0.3) is 10.9 Å². The number of hydrogen-bond donors (Lipinski definition) is 0. The molecule has 0 saturated heterocycles. The Morgan fingerprint density at radius 2 is 2.18 bits per heavy atom. The minimum Gasteiger partial charge on any atom is -0.300 e. The second kappa shape index (κ2) is 5.04. The van der Waals surface area contributed by atoms with E-state index < -0.39 is 0 Å². The van der Waals surface area contributed by atoms with E-state index in [2.05, 4.69) is 4.98 Å². The average molecular weight is 231 g/mol. The molecule has 2 rings (SSSR count). The maximum Gasteiger partial charge on any atom is 0.129 e. The highest BCUT2D eigenvalue weighted by molar-refractivity contribution is 5.82. The molecule has 0 spiro atoms. The molecule has 0 bridgehead atoms. The second-order valence-electron chi connectivity index (χ2n) is 4.16. The molecule has 2 nitrogen and oxygen atoms in total. The maximum atomic E-state index is 13.7. The molecule has 0 saturated carbocycles. The first-order valence-corrected chi connectivity index (χ1v) is 5.70. The largest absolute Gasteiger partial charge is 0.300 e. The van der Waals surface area contributed by atoms with E-state index in [1.807, 2.05) is 12.1 Å². The smallest absolute Gasteiger partial charge is 0.129 e. The van der Waals surface area contributed by atoms with Crippen LogP contribution in [-0.2, 0) is 11.2 Å². The van der Waals surface area contributed by atoms with Crippen molar-refractivity contribution in [1.82, 2.24) is 4.98 Å². The Morgan fingerprint density at radius 3 is 2.94 bits per heavy atom. The fourth-order valence-electron chi connectivity index (χ4n) is 1.93. The van der Waals surface area contributed by atoms with Crippen molar-refractivity contribution in [3.63, 3.8) is 0 Å². The first-order valence-electron chi connectivity index (χ1n) is 5.70. The van der Waals surface area contributed by atoms with E-state index >= 15 is 0 Å². The molecule has 0 amide bonds. The van der Waals surface area contributed by atoms with Gasteiger partial charge in [-0.15, -0.1) is 0 Å². The molecule has 1 heterocycles. The molecule has 1 aromatic carbocycles. The highest BCUT2D eigenvalue weighted by Crippen LogP contribution is 2.21. The number of hydrogen-bond acceptors (Lipinski definition) is 2. The van der Waals surface area contributed by atoms with Crippen LogP contribution in [0.3, 0.4) is 0 Å². The zero-order valence-electron chi connectivity index (χ0n) is 9.74. The highest BCUT2D eigenvalue weighted by atomic mass is 19.1. The number of benzene rings is 1. The lowest BCUT2D eigenvalue weighted by Gasteiger charge is -2.06. The average Bonchev–Trinajstić information content (AvgIpc) is 2.32. The summed E-state index contributed by atoms with van der Waals surface area (Å²) in [4.78, 5) is 15.1. The summed E-state index contributed by atoms with van der Waals surface area (Å²) in [7, 11) is 0. The lowest BCUT2D eigenvalue weighted by atomic mass is 10.0. The van der Waals surface area contributed by atoms with Crippen LogP contribution in [0.1, 0.15) is 25.3 Å². The number of pyridine rings is 1. The summed E-state index contributed by atoms with van der Waals surface area (Å²) in [5.41, 5.74) is 1.32. The molecule has 0 aliphatic heterocycles. The number of carbonyl (C=O) groups excluding carboxylic acids is 1. The minimum absolute atomic E-state index is 0.138. The molecule has 2 aromatic rings. The van der Waals surface area contributed by atoms with Crippen LogP contribution < -0.4 is 0 Å². The Labute approximate surface area is 99.5 Å². The summed E-state index contributed by atoms with van der Waals surface area (Å²) in [5, 5.41) is 0.937. The Kier molecular flexibility index (Phi) is 3.47. The number of aryl methyl sites for hydroxylation is 1. The fourth-order valence-corrected chi connectivity index (χ4v) is 1.93. The zero-order valence-corrected chi connectivity index (χ0v) is 9.74. The number of nitrogens with zero attached hydrogens (tertiary/aromatic N) is 1. The lowest BCUT2D eigenvalue weighted by molar-refractivity contribution is -0.117. The number of aromatic nitrogens is 1. The molecule has 0 unspecified atom stereocenters. The highest BCUT2D eigenvalue weighted by Gasteiger charge is 2.08. The number of fused-ring (bicyclic) bond motifs is 1. The summed E-state index contributed by atoms with van der Waals surface area (Å²) >= 11 is 0. The fraction of sp³-hybridized carbons (Fsp3) is 0.286. The van der Waals surface area contributed by atoms with Gasteiger partial charge in [-0.25, -0.2) is 4.39 Å². The molecule has 1 aromatic heterocycles. The van der Waals surface area contributed by atoms with Crippen molar-refractivity contribution < 1.29 is 9.18 Å². The van der Waals surface area contributed by atoms with E-state index in [0.29, 0.717) is 30.3 Å². The van der Waals surface area contributed by atoms with Crippen molar-refractivity contribution in [2.75, 3.05) is 0 Å². The Hall–Kier alpha value is -1.77. The van der Waals surface area contributed by atoms with Gasteiger partial charge in [-0.3, -0.25) is 4.98 Å². The van der Waals surface area contributed by atoms with Gasteiger partial charge in [0.25, 0.3) is 0 Å². The third-order valence-electron chi connectivity index (χ3n) is 2.78. The minimum atomic E-state index is -0.236. The van der Waals surface area contributed by atoms with Gasteiger partial charge in [-0.1, -0.05) is 6.07 Å². The molecule has 0 fully saturated rings. The summed E-state index contributed by atoms with van der Waals surface area (Å²) in [5.74, 6) is -0.0987. The van der Waals surface area contributed by atoms with E-state index in [1.165, 1.54) is 6.07 Å². The van der Waals surface area contributed by atoms with E-state index in [0.717, 1.165) is 5.39 Å². The van der Waals surface area contributed by atoms with Crippen molar-refractivity contribution in [2.24, 2.45) is 0 Å². The first kappa shape index (κ1) is 11.7. The number of ketones is 1. The summed E-state index contributed by atoms with van der Waals surface area (Å²) < 4.78 is 13.7. The number of Topliss-reactive ketones (excluding diaryl/α,β-unsaturated/α-hetero) is 1. The van der Waals surface area contributed by atoms with Crippen molar-refractivity contribution in [2.45, 2.75) is 26.2 Å². The van der Waals surface area contributed by atoms with Gasteiger partial charge in [0.2, 0.25) is 0 Å². The van der Waals surface area contributed by atoms with E-state index in [4.69, 9.17) is 0 Å². The van der Waals surface area contributed by atoms with Crippen LogP contribution >= 0.6 is 0 Å². The van der Waals surface area contributed by atoms with Crippen molar-refractivity contribution in [3.8, 4) is 0 Å². The quantitative estimate of drug-likeness (QED) is 0.808.